The van der Waals surface area contributed by atoms with E-state index in [2.05, 4.69) is 17.2 Å². The standard InChI is InChI=1S/C14H21N3O/c1-3-8-17(10-11-4-5-11)14(18)13-9-12(15-2)6-7-16-13/h6-7,9,11H,3-5,8,10H2,1-2H3,(H,15,16). The molecule has 0 unspecified atom stereocenters. The first-order valence-electron chi connectivity index (χ1n) is 6.67. The quantitative estimate of drug-likeness (QED) is 0.839. The fourth-order valence-electron chi connectivity index (χ4n) is 2.02. The molecule has 0 atom stereocenters. The van der Waals surface area contributed by atoms with E-state index in [9.17, 15) is 4.79 Å². The van der Waals surface area contributed by atoms with Crippen LogP contribution in [0.3, 0.4) is 0 Å². The van der Waals surface area contributed by atoms with Gasteiger partial charge in [0.2, 0.25) is 0 Å². The van der Waals surface area contributed by atoms with Gasteiger partial charge in [-0.3, -0.25) is 9.78 Å². The summed E-state index contributed by atoms with van der Waals surface area (Å²) in [4.78, 5) is 18.5. The summed E-state index contributed by atoms with van der Waals surface area (Å²) in [6.07, 6.45) is 5.19. The molecule has 0 saturated heterocycles. The second-order valence-electron chi connectivity index (χ2n) is 4.87. The first kappa shape index (κ1) is 12.9. The molecule has 1 amide bonds. The zero-order valence-corrected chi connectivity index (χ0v) is 11.1. The summed E-state index contributed by atoms with van der Waals surface area (Å²) in [6.45, 7) is 3.81. The van der Waals surface area contributed by atoms with Crippen LogP contribution in [0.4, 0.5) is 5.69 Å². The van der Waals surface area contributed by atoms with Crippen molar-refractivity contribution in [1.82, 2.24) is 9.88 Å². The lowest BCUT2D eigenvalue weighted by Crippen LogP contribution is -2.34. The van der Waals surface area contributed by atoms with E-state index in [0.29, 0.717) is 11.6 Å². The van der Waals surface area contributed by atoms with Crippen molar-refractivity contribution in [3.05, 3.63) is 24.0 Å². The Labute approximate surface area is 108 Å². The number of hydrogen-bond acceptors (Lipinski definition) is 3. The molecule has 1 aliphatic carbocycles. The molecule has 98 valence electrons. The van der Waals surface area contributed by atoms with E-state index >= 15 is 0 Å². The van der Waals surface area contributed by atoms with Crippen LogP contribution in [0.1, 0.15) is 36.7 Å². The van der Waals surface area contributed by atoms with Gasteiger partial charge >= 0.3 is 0 Å². The second-order valence-corrected chi connectivity index (χ2v) is 4.87. The maximum absolute atomic E-state index is 12.4. The average molecular weight is 247 g/mol. The predicted octanol–water partition coefficient (Wildman–Crippen LogP) is 2.39. The van der Waals surface area contributed by atoms with Gasteiger partial charge < -0.3 is 10.2 Å². The molecular weight excluding hydrogens is 226 g/mol. The Morgan fingerprint density at radius 3 is 2.94 bits per heavy atom. The van der Waals surface area contributed by atoms with Gasteiger partial charge in [0.15, 0.2) is 0 Å². The van der Waals surface area contributed by atoms with Gasteiger partial charge in [-0.25, -0.2) is 0 Å². The molecule has 18 heavy (non-hydrogen) atoms. The summed E-state index contributed by atoms with van der Waals surface area (Å²) < 4.78 is 0. The van der Waals surface area contributed by atoms with Crippen LogP contribution in [0.5, 0.6) is 0 Å². The lowest BCUT2D eigenvalue weighted by molar-refractivity contribution is 0.0742. The molecule has 1 aromatic heterocycles. The van der Waals surface area contributed by atoms with Gasteiger partial charge in [0, 0.05) is 32.0 Å². The fourth-order valence-corrected chi connectivity index (χ4v) is 2.02. The highest BCUT2D eigenvalue weighted by atomic mass is 16.2. The highest BCUT2D eigenvalue weighted by molar-refractivity contribution is 5.93. The topological polar surface area (TPSA) is 45.2 Å². The highest BCUT2D eigenvalue weighted by Crippen LogP contribution is 2.30. The van der Waals surface area contributed by atoms with Crippen LogP contribution < -0.4 is 5.32 Å². The number of hydrogen-bond donors (Lipinski definition) is 1. The number of carbonyl (C=O) groups is 1. The van der Waals surface area contributed by atoms with Gasteiger partial charge in [0.1, 0.15) is 5.69 Å². The number of carbonyl (C=O) groups excluding carboxylic acids is 1. The minimum atomic E-state index is 0.0563. The first-order chi connectivity index (χ1) is 8.74. The average Bonchev–Trinajstić information content (AvgIpc) is 3.21. The van der Waals surface area contributed by atoms with Crippen LogP contribution in [0.2, 0.25) is 0 Å². The number of nitrogens with zero attached hydrogens (tertiary/aromatic N) is 2. The number of pyridine rings is 1. The van der Waals surface area contributed by atoms with Crippen molar-refractivity contribution in [3.63, 3.8) is 0 Å². The van der Waals surface area contributed by atoms with Crippen molar-refractivity contribution in [3.8, 4) is 0 Å². The Kier molecular flexibility index (Phi) is 4.18. The molecule has 1 saturated carbocycles. The molecule has 0 radical (unpaired) electrons. The van der Waals surface area contributed by atoms with Crippen LogP contribution in [-0.2, 0) is 0 Å². The molecule has 2 rings (SSSR count). The van der Waals surface area contributed by atoms with Gasteiger partial charge in [-0.1, -0.05) is 6.92 Å². The van der Waals surface area contributed by atoms with E-state index < -0.39 is 0 Å². The van der Waals surface area contributed by atoms with Crippen LogP contribution in [0.25, 0.3) is 0 Å². The minimum absolute atomic E-state index is 0.0563. The Bertz CT molecular complexity index is 415. The van der Waals surface area contributed by atoms with Crippen molar-refractivity contribution in [1.29, 1.82) is 0 Å². The van der Waals surface area contributed by atoms with Crippen molar-refractivity contribution in [2.75, 3.05) is 25.5 Å². The lowest BCUT2D eigenvalue weighted by atomic mass is 10.2. The smallest absolute Gasteiger partial charge is 0.272 e. The fraction of sp³-hybridized carbons (Fsp3) is 0.571. The largest absolute Gasteiger partial charge is 0.388 e. The van der Waals surface area contributed by atoms with Crippen LogP contribution in [0, 0.1) is 5.92 Å². The van der Waals surface area contributed by atoms with Gasteiger partial charge in [-0.05, 0) is 37.3 Å². The molecule has 4 heteroatoms. The number of rotatable bonds is 6. The molecule has 0 bridgehead atoms. The van der Waals surface area contributed by atoms with Gasteiger partial charge in [-0.2, -0.15) is 0 Å². The van der Waals surface area contributed by atoms with Crippen LogP contribution in [0.15, 0.2) is 18.3 Å². The maximum atomic E-state index is 12.4. The van der Waals surface area contributed by atoms with Crippen LogP contribution in [-0.4, -0.2) is 35.9 Å². The summed E-state index contributed by atoms with van der Waals surface area (Å²) in [6, 6.07) is 3.68. The third-order valence-electron chi connectivity index (χ3n) is 3.22. The summed E-state index contributed by atoms with van der Waals surface area (Å²) in [5.74, 6) is 0.772. The Hall–Kier alpha value is -1.58. The molecule has 1 N–H and O–H groups in total. The summed E-state index contributed by atoms with van der Waals surface area (Å²) >= 11 is 0. The third kappa shape index (κ3) is 3.22. The molecule has 0 aromatic carbocycles. The number of nitrogens with one attached hydrogen (secondary N) is 1. The Morgan fingerprint density at radius 1 is 1.56 bits per heavy atom. The zero-order valence-electron chi connectivity index (χ0n) is 11.1. The molecule has 1 aliphatic rings. The molecule has 0 aliphatic heterocycles. The molecule has 1 aromatic rings. The van der Waals surface area contributed by atoms with E-state index in [1.165, 1.54) is 12.8 Å². The molecule has 1 fully saturated rings. The molecule has 0 spiro atoms. The zero-order chi connectivity index (χ0) is 13.0. The Morgan fingerprint density at radius 2 is 2.33 bits per heavy atom. The number of aromatic nitrogens is 1. The molecule has 1 heterocycles. The highest BCUT2D eigenvalue weighted by Gasteiger charge is 2.27. The summed E-state index contributed by atoms with van der Waals surface area (Å²) in [5.41, 5.74) is 1.46. The van der Waals surface area contributed by atoms with E-state index in [1.807, 2.05) is 24.1 Å². The van der Waals surface area contributed by atoms with Crippen LogP contribution >= 0.6 is 0 Å². The van der Waals surface area contributed by atoms with E-state index in [1.54, 1.807) is 6.20 Å². The maximum Gasteiger partial charge on any atom is 0.272 e. The summed E-state index contributed by atoms with van der Waals surface area (Å²) in [5, 5.41) is 3.04. The van der Waals surface area contributed by atoms with Gasteiger partial charge in [-0.15, -0.1) is 0 Å². The van der Waals surface area contributed by atoms with E-state index in [4.69, 9.17) is 0 Å². The number of anilines is 1. The van der Waals surface area contributed by atoms with Crippen molar-refractivity contribution < 1.29 is 4.79 Å². The first-order valence-corrected chi connectivity index (χ1v) is 6.67. The lowest BCUT2D eigenvalue weighted by Gasteiger charge is -2.21. The SMILES string of the molecule is CCCN(CC1CC1)C(=O)c1cc(NC)ccn1. The monoisotopic (exact) mass is 247 g/mol. The summed E-state index contributed by atoms with van der Waals surface area (Å²) in [7, 11) is 1.84. The van der Waals surface area contributed by atoms with Crippen molar-refractivity contribution >= 4 is 11.6 Å². The molecule has 4 nitrogen and oxygen atoms in total. The van der Waals surface area contributed by atoms with Crippen molar-refractivity contribution in [2.45, 2.75) is 26.2 Å². The van der Waals surface area contributed by atoms with E-state index in [-0.39, 0.29) is 5.91 Å². The van der Waals surface area contributed by atoms with E-state index in [0.717, 1.165) is 25.2 Å². The number of amides is 1. The predicted molar refractivity (Wildman–Crippen MR) is 72.7 cm³/mol. The second kappa shape index (κ2) is 5.85. The van der Waals surface area contributed by atoms with Gasteiger partial charge in [0.05, 0.1) is 0 Å². The normalized spacial score (nSPS) is 14.3. The minimum Gasteiger partial charge on any atom is -0.388 e. The van der Waals surface area contributed by atoms with Crippen molar-refractivity contribution in [2.24, 2.45) is 5.92 Å². The Balaban J connectivity index is 2.09. The third-order valence-corrected chi connectivity index (χ3v) is 3.22. The van der Waals surface area contributed by atoms with Gasteiger partial charge in [0.25, 0.3) is 5.91 Å². The molecular formula is C14H21N3O.